The third-order valence-corrected chi connectivity index (χ3v) is 2.27. The van der Waals surface area contributed by atoms with E-state index in [2.05, 4.69) is 24.2 Å². The second-order valence-corrected chi connectivity index (χ2v) is 3.21. The number of nitrogens with zero attached hydrogens (tertiary/aromatic N) is 1. The largest absolute Gasteiger partial charge is 0.316 e. The molecule has 1 aliphatic rings. The molecule has 1 heterocycles. The standard InChI is InChI=1S/C8H18N2.2ClH/c1-3-10(2)7-8-4-5-9-6-8;;/h8-9H,3-7H2,1-2H3;2*1H. The van der Waals surface area contributed by atoms with Gasteiger partial charge in [-0.1, -0.05) is 6.92 Å². The highest BCUT2D eigenvalue weighted by molar-refractivity contribution is 5.85. The molecule has 1 saturated heterocycles. The Labute approximate surface area is 87.9 Å². The zero-order valence-corrected chi connectivity index (χ0v) is 9.51. The molecule has 1 rings (SSSR count). The van der Waals surface area contributed by atoms with Crippen molar-refractivity contribution in [2.24, 2.45) is 5.92 Å². The average molecular weight is 215 g/mol. The van der Waals surface area contributed by atoms with Gasteiger partial charge >= 0.3 is 0 Å². The van der Waals surface area contributed by atoms with Crippen LogP contribution in [0.1, 0.15) is 13.3 Å². The summed E-state index contributed by atoms with van der Waals surface area (Å²) in [5.41, 5.74) is 0. The quantitative estimate of drug-likeness (QED) is 0.765. The van der Waals surface area contributed by atoms with E-state index in [1.165, 1.54) is 32.6 Å². The van der Waals surface area contributed by atoms with Crippen molar-refractivity contribution in [3.05, 3.63) is 0 Å². The van der Waals surface area contributed by atoms with Gasteiger partial charge in [-0.2, -0.15) is 0 Å². The van der Waals surface area contributed by atoms with Crippen LogP contribution >= 0.6 is 24.8 Å². The fraction of sp³-hybridized carbons (Fsp3) is 1.00. The molecule has 1 fully saturated rings. The summed E-state index contributed by atoms with van der Waals surface area (Å²) in [6.45, 7) is 7.11. The Morgan fingerprint density at radius 1 is 1.42 bits per heavy atom. The zero-order valence-electron chi connectivity index (χ0n) is 7.88. The summed E-state index contributed by atoms with van der Waals surface area (Å²) >= 11 is 0. The van der Waals surface area contributed by atoms with Crippen molar-refractivity contribution in [3.8, 4) is 0 Å². The molecule has 1 atom stereocenters. The number of rotatable bonds is 3. The van der Waals surface area contributed by atoms with Gasteiger partial charge in [-0.05, 0) is 39.0 Å². The molecule has 76 valence electrons. The number of nitrogens with one attached hydrogen (secondary N) is 1. The molecule has 0 amide bonds. The second kappa shape index (κ2) is 8.11. The van der Waals surface area contributed by atoms with Gasteiger partial charge < -0.3 is 10.2 Å². The lowest BCUT2D eigenvalue weighted by molar-refractivity contribution is 0.299. The first kappa shape index (κ1) is 15.0. The molecular formula is C8H20Cl2N2. The van der Waals surface area contributed by atoms with Gasteiger partial charge in [0.1, 0.15) is 0 Å². The van der Waals surface area contributed by atoms with E-state index in [4.69, 9.17) is 0 Å². The SMILES string of the molecule is CCN(C)CC1CCNC1.Cl.Cl. The molecule has 1 unspecified atom stereocenters. The van der Waals surface area contributed by atoms with Crippen molar-refractivity contribution in [3.63, 3.8) is 0 Å². The smallest absolute Gasteiger partial charge is 0.00191 e. The van der Waals surface area contributed by atoms with Gasteiger partial charge in [-0.3, -0.25) is 0 Å². The van der Waals surface area contributed by atoms with Crippen LogP contribution in [0.15, 0.2) is 0 Å². The summed E-state index contributed by atoms with van der Waals surface area (Å²) < 4.78 is 0. The van der Waals surface area contributed by atoms with Crippen molar-refractivity contribution in [2.45, 2.75) is 13.3 Å². The molecule has 0 aliphatic carbocycles. The first-order valence-electron chi connectivity index (χ1n) is 4.22. The molecule has 2 nitrogen and oxygen atoms in total. The van der Waals surface area contributed by atoms with Crippen molar-refractivity contribution in [1.82, 2.24) is 10.2 Å². The lowest BCUT2D eigenvalue weighted by atomic mass is 10.1. The molecule has 0 saturated carbocycles. The molecule has 1 N–H and O–H groups in total. The molecule has 12 heavy (non-hydrogen) atoms. The Balaban J connectivity index is 0. The highest BCUT2D eigenvalue weighted by Crippen LogP contribution is 2.07. The lowest BCUT2D eigenvalue weighted by Crippen LogP contribution is -2.26. The van der Waals surface area contributed by atoms with E-state index in [-0.39, 0.29) is 24.8 Å². The van der Waals surface area contributed by atoms with Crippen molar-refractivity contribution in [2.75, 3.05) is 33.2 Å². The van der Waals surface area contributed by atoms with Crippen LogP contribution in [0.4, 0.5) is 0 Å². The van der Waals surface area contributed by atoms with E-state index in [0.29, 0.717) is 0 Å². The molecule has 1 aliphatic heterocycles. The first-order valence-corrected chi connectivity index (χ1v) is 4.22. The van der Waals surface area contributed by atoms with E-state index in [0.717, 1.165) is 5.92 Å². The molecule has 0 spiro atoms. The van der Waals surface area contributed by atoms with Crippen LogP contribution in [0.3, 0.4) is 0 Å². The molecule has 0 radical (unpaired) electrons. The predicted molar refractivity (Wildman–Crippen MR) is 58.6 cm³/mol. The average Bonchev–Trinajstić information content (AvgIpc) is 2.40. The van der Waals surface area contributed by atoms with Crippen LogP contribution in [0.5, 0.6) is 0 Å². The highest BCUT2D eigenvalue weighted by atomic mass is 35.5. The monoisotopic (exact) mass is 214 g/mol. The maximum Gasteiger partial charge on any atom is 0.00191 e. The van der Waals surface area contributed by atoms with Crippen LogP contribution < -0.4 is 5.32 Å². The Morgan fingerprint density at radius 2 is 2.08 bits per heavy atom. The molecular weight excluding hydrogens is 195 g/mol. The van der Waals surface area contributed by atoms with Gasteiger partial charge in [-0.25, -0.2) is 0 Å². The van der Waals surface area contributed by atoms with E-state index >= 15 is 0 Å². The van der Waals surface area contributed by atoms with Gasteiger partial charge in [0.05, 0.1) is 0 Å². The second-order valence-electron chi connectivity index (χ2n) is 3.21. The topological polar surface area (TPSA) is 15.3 Å². The number of hydrogen-bond acceptors (Lipinski definition) is 2. The maximum atomic E-state index is 3.38. The van der Waals surface area contributed by atoms with E-state index < -0.39 is 0 Å². The predicted octanol–water partition coefficient (Wildman–Crippen LogP) is 1.39. The molecule has 0 aromatic carbocycles. The first-order chi connectivity index (χ1) is 4.83. The summed E-state index contributed by atoms with van der Waals surface area (Å²) in [7, 11) is 2.19. The molecule has 4 heteroatoms. The van der Waals surface area contributed by atoms with Crippen LogP contribution in [-0.4, -0.2) is 38.1 Å². The fourth-order valence-electron chi connectivity index (χ4n) is 1.44. The minimum Gasteiger partial charge on any atom is -0.316 e. The van der Waals surface area contributed by atoms with Crippen molar-refractivity contribution >= 4 is 24.8 Å². The lowest BCUT2D eigenvalue weighted by Gasteiger charge is -2.17. The normalized spacial score (nSPS) is 21.8. The van der Waals surface area contributed by atoms with E-state index in [9.17, 15) is 0 Å². The van der Waals surface area contributed by atoms with Crippen LogP contribution in [0, 0.1) is 5.92 Å². The Bertz CT molecular complexity index is 95.1. The van der Waals surface area contributed by atoms with Crippen LogP contribution in [0.2, 0.25) is 0 Å². The fourth-order valence-corrected chi connectivity index (χ4v) is 1.44. The minimum atomic E-state index is 0. The Kier molecular flexibility index (Phi) is 10.1. The van der Waals surface area contributed by atoms with E-state index in [1.807, 2.05) is 0 Å². The van der Waals surface area contributed by atoms with Gasteiger partial charge in [0.15, 0.2) is 0 Å². The van der Waals surface area contributed by atoms with Crippen molar-refractivity contribution < 1.29 is 0 Å². The third kappa shape index (κ3) is 5.20. The Hall–Kier alpha value is 0.500. The molecule has 0 aromatic rings. The summed E-state index contributed by atoms with van der Waals surface area (Å²) in [6, 6.07) is 0. The van der Waals surface area contributed by atoms with Gasteiger partial charge in [0.2, 0.25) is 0 Å². The maximum absolute atomic E-state index is 3.38. The summed E-state index contributed by atoms with van der Waals surface area (Å²) in [6.07, 6.45) is 1.37. The van der Waals surface area contributed by atoms with Crippen LogP contribution in [0.25, 0.3) is 0 Å². The summed E-state index contributed by atoms with van der Waals surface area (Å²) in [5.74, 6) is 0.907. The summed E-state index contributed by atoms with van der Waals surface area (Å²) in [4.78, 5) is 2.39. The molecule has 0 bridgehead atoms. The van der Waals surface area contributed by atoms with Gasteiger partial charge in [-0.15, -0.1) is 24.8 Å². The van der Waals surface area contributed by atoms with Gasteiger partial charge in [0.25, 0.3) is 0 Å². The van der Waals surface area contributed by atoms with E-state index in [1.54, 1.807) is 0 Å². The summed E-state index contributed by atoms with van der Waals surface area (Å²) in [5, 5.41) is 3.38. The van der Waals surface area contributed by atoms with Gasteiger partial charge in [0, 0.05) is 6.54 Å². The van der Waals surface area contributed by atoms with Crippen molar-refractivity contribution in [1.29, 1.82) is 0 Å². The number of hydrogen-bond donors (Lipinski definition) is 1. The molecule has 0 aromatic heterocycles. The Morgan fingerprint density at radius 3 is 2.50 bits per heavy atom. The third-order valence-electron chi connectivity index (χ3n) is 2.27. The zero-order chi connectivity index (χ0) is 7.40. The number of halogens is 2. The highest BCUT2D eigenvalue weighted by Gasteiger charge is 2.14. The minimum absolute atomic E-state index is 0. The van der Waals surface area contributed by atoms with Crippen LogP contribution in [-0.2, 0) is 0 Å².